The van der Waals surface area contributed by atoms with Gasteiger partial charge in [0.05, 0.1) is 11.4 Å². The van der Waals surface area contributed by atoms with Crippen LogP contribution in [0.25, 0.3) is 10.9 Å². The number of carboxylic acid groups (broad SMARTS) is 1. The zero-order valence-electron chi connectivity index (χ0n) is 16.8. The molecule has 1 aliphatic carbocycles. The van der Waals surface area contributed by atoms with Crippen molar-refractivity contribution in [3.63, 3.8) is 0 Å². The summed E-state index contributed by atoms with van der Waals surface area (Å²) in [6.07, 6.45) is 1.88. The molecule has 0 bridgehead atoms. The Morgan fingerprint density at radius 2 is 2.00 bits per heavy atom. The highest BCUT2D eigenvalue weighted by molar-refractivity contribution is 9.10. The molecule has 1 heterocycles. The Morgan fingerprint density at radius 3 is 2.77 bits per heavy atom. The highest BCUT2D eigenvalue weighted by Crippen LogP contribution is 2.40. The second-order valence-electron chi connectivity index (χ2n) is 7.88. The van der Waals surface area contributed by atoms with Gasteiger partial charge >= 0.3 is 5.97 Å². The van der Waals surface area contributed by atoms with Gasteiger partial charge in [0.2, 0.25) is 5.91 Å². The Bertz CT molecular complexity index is 1140. The Balaban J connectivity index is 1.50. The van der Waals surface area contributed by atoms with Gasteiger partial charge in [-0.15, -0.1) is 0 Å². The van der Waals surface area contributed by atoms with Crippen LogP contribution >= 0.6 is 28.6 Å². The predicted molar refractivity (Wildman–Crippen MR) is 128 cm³/mol. The fraction of sp³-hybridized carbons (Fsp3) is 0.292. The molecular formula is C24H23BrN2O3S. The van der Waals surface area contributed by atoms with Gasteiger partial charge in [0, 0.05) is 27.7 Å². The lowest BCUT2D eigenvalue weighted by atomic mass is 9.87. The number of carbonyl (C=O) groups excluding carboxylic acids is 1. The molecule has 2 aromatic carbocycles. The molecule has 0 radical (unpaired) electrons. The van der Waals surface area contributed by atoms with Crippen molar-refractivity contribution in [3.05, 3.63) is 75.9 Å². The van der Waals surface area contributed by atoms with Crippen LogP contribution in [0.4, 0.5) is 0 Å². The number of para-hydroxylation sites is 1. The molecule has 2 unspecified atom stereocenters. The van der Waals surface area contributed by atoms with Crippen molar-refractivity contribution in [3.8, 4) is 0 Å². The van der Waals surface area contributed by atoms with Crippen LogP contribution in [0.15, 0.2) is 59.1 Å². The number of carboxylic acids is 1. The summed E-state index contributed by atoms with van der Waals surface area (Å²) in [7, 11) is 0. The van der Waals surface area contributed by atoms with E-state index in [1.54, 1.807) is 0 Å². The third kappa shape index (κ3) is 4.77. The number of nitrogens with zero attached hydrogens (tertiary/aromatic N) is 1. The summed E-state index contributed by atoms with van der Waals surface area (Å²) >= 11 is 7.92. The van der Waals surface area contributed by atoms with Crippen LogP contribution in [0.1, 0.15) is 29.2 Å². The maximum atomic E-state index is 13.1. The molecular weight excluding hydrogens is 476 g/mol. The molecule has 5 nitrogen and oxygen atoms in total. The first kappa shape index (κ1) is 21.8. The normalized spacial score (nSPS) is 17.2. The summed E-state index contributed by atoms with van der Waals surface area (Å²) in [5, 5.41) is 13.5. The zero-order valence-corrected chi connectivity index (χ0v) is 19.3. The van der Waals surface area contributed by atoms with Crippen LogP contribution < -0.4 is 5.32 Å². The molecule has 31 heavy (non-hydrogen) atoms. The summed E-state index contributed by atoms with van der Waals surface area (Å²) in [5.41, 5.74) is 3.82. The maximum absolute atomic E-state index is 13.1. The molecule has 0 saturated heterocycles. The fourth-order valence-corrected chi connectivity index (χ4v) is 5.17. The second-order valence-corrected chi connectivity index (χ2v) is 9.16. The molecule has 7 heteroatoms. The van der Waals surface area contributed by atoms with E-state index in [4.69, 9.17) is 0 Å². The molecule has 3 atom stereocenters. The summed E-state index contributed by atoms with van der Waals surface area (Å²) in [4.78, 5) is 29.6. The van der Waals surface area contributed by atoms with Gasteiger partial charge in [-0.3, -0.25) is 9.78 Å². The molecule has 0 aliphatic heterocycles. The van der Waals surface area contributed by atoms with Crippen molar-refractivity contribution < 1.29 is 14.7 Å². The molecule has 2 N–H and O–H groups in total. The van der Waals surface area contributed by atoms with E-state index in [9.17, 15) is 14.7 Å². The van der Waals surface area contributed by atoms with Gasteiger partial charge < -0.3 is 10.4 Å². The summed E-state index contributed by atoms with van der Waals surface area (Å²) < 4.78 is 1.02. The number of pyridine rings is 1. The van der Waals surface area contributed by atoms with Crippen LogP contribution in [-0.2, 0) is 22.4 Å². The molecule has 0 saturated carbocycles. The number of aliphatic carboxylic acids is 1. The van der Waals surface area contributed by atoms with E-state index in [1.807, 2.05) is 42.5 Å². The lowest BCUT2D eigenvalue weighted by molar-refractivity contribution is -0.142. The Kier molecular flexibility index (Phi) is 6.62. The van der Waals surface area contributed by atoms with Gasteiger partial charge in [0.15, 0.2) is 0 Å². The molecule has 0 fully saturated rings. The van der Waals surface area contributed by atoms with E-state index < -0.39 is 17.9 Å². The SMILES string of the molecule is O=C(N[C@@H](Cc1ccc2ccccc2n1)C(=O)O)C(CS)C1CCc2cc(Br)ccc21. The van der Waals surface area contributed by atoms with Gasteiger partial charge in [0.1, 0.15) is 6.04 Å². The minimum absolute atomic E-state index is 0.0360. The number of aryl methyl sites for hydroxylation is 1. The van der Waals surface area contributed by atoms with Crippen molar-refractivity contribution in [1.82, 2.24) is 10.3 Å². The van der Waals surface area contributed by atoms with E-state index in [0.717, 1.165) is 33.8 Å². The largest absolute Gasteiger partial charge is 0.480 e. The average Bonchev–Trinajstić information content (AvgIpc) is 3.16. The number of amides is 1. The molecule has 4 rings (SSSR count). The smallest absolute Gasteiger partial charge is 0.326 e. The summed E-state index contributed by atoms with van der Waals surface area (Å²) in [6.45, 7) is 0. The van der Waals surface area contributed by atoms with Crippen LogP contribution in [0.5, 0.6) is 0 Å². The topological polar surface area (TPSA) is 79.3 Å². The number of benzene rings is 2. The monoisotopic (exact) mass is 498 g/mol. The van der Waals surface area contributed by atoms with Crippen molar-refractivity contribution in [2.75, 3.05) is 5.75 Å². The number of fused-ring (bicyclic) bond motifs is 2. The van der Waals surface area contributed by atoms with Crippen LogP contribution in [-0.4, -0.2) is 33.8 Å². The molecule has 1 aromatic heterocycles. The summed E-state index contributed by atoms with van der Waals surface area (Å²) in [5.74, 6) is -1.35. The zero-order chi connectivity index (χ0) is 22.0. The third-order valence-electron chi connectivity index (χ3n) is 5.93. The standard InChI is InChI=1S/C24H23BrN2O3S/c25-16-7-10-18-15(11-16)6-9-19(18)20(13-31)23(28)27-22(24(29)30)12-17-8-5-14-3-1-2-4-21(14)26-17/h1-5,7-8,10-11,19-20,22,31H,6,9,12-13H2,(H,27,28)(H,29,30)/t19?,20?,22-/m0/s1. The summed E-state index contributed by atoms with van der Waals surface area (Å²) in [6, 6.07) is 16.5. The molecule has 1 amide bonds. The van der Waals surface area contributed by atoms with Crippen molar-refractivity contribution in [1.29, 1.82) is 0 Å². The van der Waals surface area contributed by atoms with Gasteiger partial charge in [0.25, 0.3) is 0 Å². The van der Waals surface area contributed by atoms with E-state index in [1.165, 1.54) is 5.56 Å². The number of aromatic nitrogens is 1. The third-order valence-corrected chi connectivity index (χ3v) is 6.82. The second kappa shape index (κ2) is 9.40. The quantitative estimate of drug-likeness (QED) is 0.422. The number of thiol groups is 1. The van der Waals surface area contributed by atoms with E-state index >= 15 is 0 Å². The van der Waals surface area contributed by atoms with Gasteiger partial charge in [-0.05, 0) is 54.2 Å². The van der Waals surface area contributed by atoms with Crippen molar-refractivity contribution in [2.45, 2.75) is 31.2 Å². The minimum atomic E-state index is -1.07. The highest BCUT2D eigenvalue weighted by atomic mass is 79.9. The number of hydrogen-bond acceptors (Lipinski definition) is 4. The number of rotatable bonds is 7. The maximum Gasteiger partial charge on any atom is 0.326 e. The molecule has 3 aromatic rings. The van der Waals surface area contributed by atoms with E-state index in [2.05, 4.69) is 51.0 Å². The van der Waals surface area contributed by atoms with Crippen LogP contribution in [0, 0.1) is 5.92 Å². The molecule has 1 aliphatic rings. The van der Waals surface area contributed by atoms with Gasteiger partial charge in [-0.25, -0.2) is 4.79 Å². The Labute approximate surface area is 194 Å². The number of carbonyl (C=O) groups is 2. The van der Waals surface area contributed by atoms with Crippen LogP contribution in [0.3, 0.4) is 0 Å². The minimum Gasteiger partial charge on any atom is -0.480 e. The lowest BCUT2D eigenvalue weighted by Gasteiger charge is -2.24. The Hall–Kier alpha value is -2.38. The first-order valence-corrected chi connectivity index (χ1v) is 11.7. The fourth-order valence-electron chi connectivity index (χ4n) is 4.34. The van der Waals surface area contributed by atoms with E-state index in [0.29, 0.717) is 11.4 Å². The highest BCUT2D eigenvalue weighted by Gasteiger charge is 2.35. The van der Waals surface area contributed by atoms with Crippen LogP contribution in [0.2, 0.25) is 0 Å². The van der Waals surface area contributed by atoms with Gasteiger partial charge in [-0.2, -0.15) is 12.6 Å². The van der Waals surface area contributed by atoms with Crippen molar-refractivity contribution >= 4 is 51.3 Å². The number of halogens is 1. The number of nitrogens with one attached hydrogen (secondary N) is 1. The van der Waals surface area contributed by atoms with Crippen molar-refractivity contribution in [2.24, 2.45) is 5.92 Å². The van der Waals surface area contributed by atoms with E-state index in [-0.39, 0.29) is 18.2 Å². The van der Waals surface area contributed by atoms with Gasteiger partial charge in [-0.1, -0.05) is 46.3 Å². The first-order valence-electron chi connectivity index (χ1n) is 10.2. The Morgan fingerprint density at radius 1 is 1.19 bits per heavy atom. The average molecular weight is 499 g/mol. The molecule has 0 spiro atoms. The first-order chi connectivity index (χ1) is 15.0. The predicted octanol–water partition coefficient (Wildman–Crippen LogP) is 4.39. The number of hydrogen-bond donors (Lipinski definition) is 3. The molecule has 160 valence electrons. The lowest BCUT2D eigenvalue weighted by Crippen LogP contribution is -2.46.